The summed E-state index contributed by atoms with van der Waals surface area (Å²) in [5.74, 6) is 2.28. The molecule has 3 nitrogen and oxygen atoms in total. The molecule has 0 saturated carbocycles. The summed E-state index contributed by atoms with van der Waals surface area (Å²) >= 11 is 3.86. The van der Waals surface area contributed by atoms with E-state index in [0.717, 1.165) is 37.3 Å². The Balaban J connectivity index is 0.00000200. The van der Waals surface area contributed by atoms with Crippen molar-refractivity contribution < 1.29 is 0 Å². The van der Waals surface area contributed by atoms with E-state index >= 15 is 0 Å². The second-order valence-electron chi connectivity index (χ2n) is 4.70. The zero-order valence-corrected chi connectivity index (χ0v) is 16.1. The molecule has 1 unspecified atom stereocenters. The van der Waals surface area contributed by atoms with Crippen molar-refractivity contribution >= 4 is 53.0 Å². The molecule has 1 aromatic heterocycles. The number of guanidine groups is 1. The fourth-order valence-corrected chi connectivity index (χ4v) is 4.13. The van der Waals surface area contributed by atoms with Gasteiger partial charge in [-0.05, 0) is 35.2 Å². The Hall–Kier alpha value is 0.0500. The van der Waals surface area contributed by atoms with Crippen LogP contribution < -0.4 is 5.32 Å². The van der Waals surface area contributed by atoms with Crippen LogP contribution in [0.4, 0.5) is 0 Å². The standard InChI is InChI=1S/C14H23N3S2.HI/c1-3-13-10-17(7-9-19-13)14(15-2)16-6-4-12-5-8-18-11-12;/h5,8,11,13H,3-4,6-7,9-10H2,1-2H3,(H,15,16);1H. The number of hydrogen-bond acceptors (Lipinski definition) is 3. The summed E-state index contributed by atoms with van der Waals surface area (Å²) in [6.45, 7) is 5.47. The van der Waals surface area contributed by atoms with E-state index in [0.29, 0.717) is 0 Å². The van der Waals surface area contributed by atoms with Crippen LogP contribution in [0.1, 0.15) is 18.9 Å². The zero-order chi connectivity index (χ0) is 13.5. The summed E-state index contributed by atoms with van der Waals surface area (Å²) in [5.41, 5.74) is 1.41. The van der Waals surface area contributed by atoms with Gasteiger partial charge in [-0.25, -0.2) is 0 Å². The molecule has 0 radical (unpaired) electrons. The van der Waals surface area contributed by atoms with Gasteiger partial charge in [0.2, 0.25) is 0 Å². The van der Waals surface area contributed by atoms with Gasteiger partial charge in [-0.3, -0.25) is 4.99 Å². The molecule has 2 heterocycles. The first kappa shape index (κ1) is 18.1. The molecular weight excluding hydrogens is 401 g/mol. The van der Waals surface area contributed by atoms with Gasteiger partial charge < -0.3 is 10.2 Å². The van der Waals surface area contributed by atoms with Crippen LogP contribution in [-0.4, -0.2) is 48.5 Å². The van der Waals surface area contributed by atoms with Crippen LogP contribution in [0.25, 0.3) is 0 Å². The number of nitrogens with one attached hydrogen (secondary N) is 1. The van der Waals surface area contributed by atoms with Gasteiger partial charge in [0, 0.05) is 37.7 Å². The molecule has 0 aromatic carbocycles. The fourth-order valence-electron chi connectivity index (χ4n) is 2.24. The van der Waals surface area contributed by atoms with Gasteiger partial charge in [0.1, 0.15) is 0 Å². The lowest BCUT2D eigenvalue weighted by molar-refractivity contribution is 0.408. The molecule has 20 heavy (non-hydrogen) atoms. The molecule has 1 aliphatic rings. The van der Waals surface area contributed by atoms with Gasteiger partial charge in [-0.15, -0.1) is 24.0 Å². The Labute approximate surface area is 147 Å². The van der Waals surface area contributed by atoms with Gasteiger partial charge in [0.25, 0.3) is 0 Å². The Morgan fingerprint density at radius 2 is 2.40 bits per heavy atom. The van der Waals surface area contributed by atoms with Crippen LogP contribution >= 0.6 is 47.1 Å². The normalized spacial score (nSPS) is 19.6. The average Bonchev–Trinajstić information content (AvgIpc) is 2.97. The van der Waals surface area contributed by atoms with Gasteiger partial charge in [-0.1, -0.05) is 6.92 Å². The fraction of sp³-hybridized carbons (Fsp3) is 0.643. The lowest BCUT2D eigenvalue weighted by Crippen LogP contribution is -2.48. The molecule has 0 amide bonds. The van der Waals surface area contributed by atoms with E-state index in [9.17, 15) is 0 Å². The minimum Gasteiger partial charge on any atom is -0.356 e. The minimum atomic E-state index is 0. The van der Waals surface area contributed by atoms with Crippen LogP contribution in [-0.2, 0) is 6.42 Å². The van der Waals surface area contributed by atoms with E-state index in [1.165, 1.54) is 17.7 Å². The van der Waals surface area contributed by atoms with E-state index in [1.807, 2.05) is 7.05 Å². The predicted octanol–water partition coefficient (Wildman–Crippen LogP) is 3.31. The van der Waals surface area contributed by atoms with E-state index in [4.69, 9.17) is 0 Å². The number of thioether (sulfide) groups is 1. The van der Waals surface area contributed by atoms with Crippen LogP contribution in [0, 0.1) is 0 Å². The van der Waals surface area contributed by atoms with Crippen molar-refractivity contribution in [2.75, 3.05) is 32.4 Å². The molecule has 1 fully saturated rings. The minimum absolute atomic E-state index is 0. The predicted molar refractivity (Wildman–Crippen MR) is 103 cm³/mol. The van der Waals surface area contributed by atoms with E-state index < -0.39 is 0 Å². The SMILES string of the molecule is CCC1CN(C(=NC)NCCc2ccsc2)CCS1.I. The lowest BCUT2D eigenvalue weighted by atomic mass is 10.2. The third-order valence-corrected chi connectivity index (χ3v) is 5.49. The summed E-state index contributed by atoms with van der Waals surface area (Å²) in [6, 6.07) is 2.19. The van der Waals surface area contributed by atoms with Crippen molar-refractivity contribution in [3.8, 4) is 0 Å². The third kappa shape index (κ3) is 5.44. The molecule has 1 N–H and O–H groups in total. The number of nitrogens with zero attached hydrogens (tertiary/aromatic N) is 2. The van der Waals surface area contributed by atoms with Crippen molar-refractivity contribution in [2.24, 2.45) is 4.99 Å². The Morgan fingerprint density at radius 3 is 3.05 bits per heavy atom. The maximum atomic E-state index is 4.42. The molecular formula is C14H24IN3S2. The first-order chi connectivity index (χ1) is 9.33. The largest absolute Gasteiger partial charge is 0.356 e. The highest BCUT2D eigenvalue weighted by molar-refractivity contribution is 14.0. The number of aliphatic imine (C=N–C) groups is 1. The van der Waals surface area contributed by atoms with Crippen molar-refractivity contribution in [3.63, 3.8) is 0 Å². The number of rotatable bonds is 4. The highest BCUT2D eigenvalue weighted by atomic mass is 127. The molecule has 2 rings (SSSR count). The van der Waals surface area contributed by atoms with Gasteiger partial charge >= 0.3 is 0 Å². The molecule has 0 spiro atoms. The highest BCUT2D eigenvalue weighted by Gasteiger charge is 2.21. The second-order valence-corrected chi connectivity index (χ2v) is 6.89. The summed E-state index contributed by atoms with van der Waals surface area (Å²) in [4.78, 5) is 6.83. The third-order valence-electron chi connectivity index (χ3n) is 3.38. The quantitative estimate of drug-likeness (QED) is 0.456. The average molecular weight is 425 g/mol. The van der Waals surface area contributed by atoms with Crippen LogP contribution in [0.5, 0.6) is 0 Å². The molecule has 6 heteroatoms. The maximum Gasteiger partial charge on any atom is 0.193 e. The molecule has 1 atom stereocenters. The first-order valence-electron chi connectivity index (χ1n) is 6.91. The Kier molecular flexibility index (Phi) is 8.95. The number of thiophene rings is 1. The smallest absolute Gasteiger partial charge is 0.193 e. The van der Waals surface area contributed by atoms with Gasteiger partial charge in [-0.2, -0.15) is 23.1 Å². The van der Waals surface area contributed by atoms with Crippen molar-refractivity contribution in [3.05, 3.63) is 22.4 Å². The van der Waals surface area contributed by atoms with E-state index in [2.05, 4.69) is 50.7 Å². The van der Waals surface area contributed by atoms with Crippen LogP contribution in [0.2, 0.25) is 0 Å². The maximum absolute atomic E-state index is 4.42. The molecule has 1 aliphatic heterocycles. The molecule has 1 aromatic rings. The topological polar surface area (TPSA) is 27.6 Å². The molecule has 1 saturated heterocycles. The van der Waals surface area contributed by atoms with Crippen LogP contribution in [0.15, 0.2) is 21.8 Å². The zero-order valence-electron chi connectivity index (χ0n) is 12.2. The summed E-state index contributed by atoms with van der Waals surface area (Å²) < 4.78 is 0. The molecule has 0 aliphatic carbocycles. The van der Waals surface area contributed by atoms with Crippen molar-refractivity contribution in [1.29, 1.82) is 0 Å². The number of hydrogen-bond donors (Lipinski definition) is 1. The number of halogens is 1. The molecule has 114 valence electrons. The van der Waals surface area contributed by atoms with Crippen molar-refractivity contribution in [2.45, 2.75) is 25.0 Å². The first-order valence-corrected chi connectivity index (χ1v) is 8.91. The monoisotopic (exact) mass is 425 g/mol. The Morgan fingerprint density at radius 1 is 1.55 bits per heavy atom. The second kappa shape index (κ2) is 9.89. The molecule has 0 bridgehead atoms. The highest BCUT2D eigenvalue weighted by Crippen LogP contribution is 2.20. The van der Waals surface area contributed by atoms with Gasteiger partial charge in [0.15, 0.2) is 5.96 Å². The summed E-state index contributed by atoms with van der Waals surface area (Å²) in [5, 5.41) is 8.60. The van der Waals surface area contributed by atoms with Gasteiger partial charge in [0.05, 0.1) is 0 Å². The van der Waals surface area contributed by atoms with E-state index in [-0.39, 0.29) is 24.0 Å². The van der Waals surface area contributed by atoms with Crippen molar-refractivity contribution in [1.82, 2.24) is 10.2 Å². The summed E-state index contributed by atoms with van der Waals surface area (Å²) in [7, 11) is 1.88. The lowest BCUT2D eigenvalue weighted by Gasteiger charge is -2.34. The summed E-state index contributed by atoms with van der Waals surface area (Å²) in [6.07, 6.45) is 2.31. The van der Waals surface area contributed by atoms with Crippen LogP contribution in [0.3, 0.4) is 0 Å². The van der Waals surface area contributed by atoms with E-state index in [1.54, 1.807) is 11.3 Å². The Bertz CT molecular complexity index is 395.